The lowest BCUT2D eigenvalue weighted by atomic mass is 10.1. The fraction of sp³-hybridized carbons (Fsp3) is 0.200. The van der Waals surface area contributed by atoms with Gasteiger partial charge in [0.15, 0.2) is 0 Å². The summed E-state index contributed by atoms with van der Waals surface area (Å²) in [6.45, 7) is 0. The van der Waals surface area contributed by atoms with Crippen LogP contribution in [0.2, 0.25) is 10.0 Å². The van der Waals surface area contributed by atoms with Crippen LogP contribution < -0.4 is 11.3 Å². The van der Waals surface area contributed by atoms with Crippen molar-refractivity contribution in [2.24, 2.45) is 5.84 Å². The zero-order valence-corrected chi connectivity index (χ0v) is 11.1. The van der Waals surface area contributed by atoms with Gasteiger partial charge in [0.05, 0.1) is 17.1 Å². The molecule has 0 fully saturated rings. The highest BCUT2D eigenvalue weighted by Crippen LogP contribution is 2.26. The summed E-state index contributed by atoms with van der Waals surface area (Å²) in [6, 6.07) is 5.30. The second-order valence-electron chi connectivity index (χ2n) is 3.48. The first-order valence-electron chi connectivity index (χ1n) is 4.88. The summed E-state index contributed by atoms with van der Waals surface area (Å²) in [7, 11) is 0. The Labute approximate surface area is 113 Å². The summed E-state index contributed by atoms with van der Waals surface area (Å²) >= 11 is 13.3. The number of hydrogen-bond acceptors (Lipinski definition) is 5. The second-order valence-corrected chi connectivity index (χ2v) is 5.14. The van der Waals surface area contributed by atoms with Gasteiger partial charge in [-0.2, -0.15) is 0 Å². The third kappa shape index (κ3) is 3.14. The fourth-order valence-corrected chi connectivity index (χ4v) is 2.44. The van der Waals surface area contributed by atoms with Crippen LogP contribution in [0.1, 0.15) is 16.5 Å². The second kappa shape index (κ2) is 5.75. The molecule has 0 aliphatic heterocycles. The molecule has 0 aliphatic rings. The summed E-state index contributed by atoms with van der Waals surface area (Å²) in [4.78, 5) is 0.962. The van der Waals surface area contributed by atoms with Gasteiger partial charge in [0.2, 0.25) is 0 Å². The van der Waals surface area contributed by atoms with Gasteiger partial charge in [-0.25, -0.2) is 0 Å². The van der Waals surface area contributed by atoms with Gasteiger partial charge in [-0.05, 0) is 41.7 Å². The molecule has 1 aromatic heterocycles. The summed E-state index contributed by atoms with van der Waals surface area (Å²) in [6.07, 6.45) is 2.33. The van der Waals surface area contributed by atoms with Gasteiger partial charge in [-0.15, -0.1) is 5.10 Å². The largest absolute Gasteiger partial charge is 0.271 e. The predicted molar refractivity (Wildman–Crippen MR) is 70.1 cm³/mol. The van der Waals surface area contributed by atoms with Crippen LogP contribution in [0.3, 0.4) is 0 Å². The fourth-order valence-electron chi connectivity index (χ4n) is 1.49. The highest BCUT2D eigenvalue weighted by molar-refractivity contribution is 7.05. The highest BCUT2D eigenvalue weighted by Gasteiger charge is 2.15. The van der Waals surface area contributed by atoms with Crippen LogP contribution in [-0.4, -0.2) is 9.59 Å². The Morgan fingerprint density at radius 3 is 2.88 bits per heavy atom. The van der Waals surface area contributed by atoms with E-state index in [1.807, 2.05) is 6.07 Å². The zero-order valence-electron chi connectivity index (χ0n) is 8.73. The van der Waals surface area contributed by atoms with Crippen LogP contribution in [-0.2, 0) is 6.42 Å². The average Bonchev–Trinajstić information content (AvgIpc) is 2.84. The molecule has 17 heavy (non-hydrogen) atoms. The maximum absolute atomic E-state index is 6.10. The van der Waals surface area contributed by atoms with Crippen molar-refractivity contribution in [1.29, 1.82) is 0 Å². The zero-order chi connectivity index (χ0) is 12.3. The molecule has 1 heterocycles. The maximum Gasteiger partial charge on any atom is 0.0670 e. The Kier molecular flexibility index (Phi) is 4.31. The van der Waals surface area contributed by atoms with Crippen LogP contribution in [0.15, 0.2) is 24.4 Å². The number of aromatic nitrogens is 2. The van der Waals surface area contributed by atoms with E-state index >= 15 is 0 Å². The van der Waals surface area contributed by atoms with E-state index in [1.165, 1.54) is 11.5 Å². The van der Waals surface area contributed by atoms with Crippen molar-refractivity contribution >= 4 is 34.7 Å². The monoisotopic (exact) mass is 288 g/mol. The molecule has 1 aromatic carbocycles. The van der Waals surface area contributed by atoms with Crippen molar-refractivity contribution < 1.29 is 0 Å². The Hall–Kier alpha value is -0.720. The summed E-state index contributed by atoms with van der Waals surface area (Å²) in [5.74, 6) is 5.52. The molecule has 0 bridgehead atoms. The molecule has 90 valence electrons. The van der Waals surface area contributed by atoms with Crippen molar-refractivity contribution in [2.45, 2.75) is 12.5 Å². The smallest absolute Gasteiger partial charge is 0.0670 e. The Balaban J connectivity index is 2.21. The van der Waals surface area contributed by atoms with Gasteiger partial charge in [0, 0.05) is 10.0 Å². The summed E-state index contributed by atoms with van der Waals surface area (Å²) in [5.41, 5.74) is 3.67. The van der Waals surface area contributed by atoms with Crippen molar-refractivity contribution in [3.8, 4) is 0 Å². The van der Waals surface area contributed by atoms with E-state index in [2.05, 4.69) is 15.0 Å². The normalized spacial score (nSPS) is 12.6. The lowest BCUT2D eigenvalue weighted by molar-refractivity contribution is 0.560. The van der Waals surface area contributed by atoms with Gasteiger partial charge in [-0.3, -0.25) is 11.3 Å². The van der Waals surface area contributed by atoms with Crippen LogP contribution in [0, 0.1) is 0 Å². The molecule has 4 nitrogen and oxygen atoms in total. The SMILES string of the molecule is NNC(Cc1cc(Cl)ccc1Cl)c1cnns1. The van der Waals surface area contributed by atoms with Crippen molar-refractivity contribution in [1.82, 2.24) is 15.0 Å². The first-order chi connectivity index (χ1) is 8.20. The number of hydrogen-bond donors (Lipinski definition) is 2. The topological polar surface area (TPSA) is 63.8 Å². The van der Waals surface area contributed by atoms with Crippen LogP contribution in [0.4, 0.5) is 0 Å². The van der Waals surface area contributed by atoms with Crippen LogP contribution in [0.5, 0.6) is 0 Å². The summed E-state index contributed by atoms with van der Waals surface area (Å²) < 4.78 is 3.81. The van der Waals surface area contributed by atoms with Gasteiger partial charge in [-0.1, -0.05) is 27.7 Å². The van der Waals surface area contributed by atoms with E-state index in [0.717, 1.165) is 10.4 Å². The van der Waals surface area contributed by atoms with Crippen LogP contribution in [0.25, 0.3) is 0 Å². The molecular weight excluding hydrogens is 279 g/mol. The van der Waals surface area contributed by atoms with Gasteiger partial charge in [0.25, 0.3) is 0 Å². The molecule has 0 aliphatic carbocycles. The molecular formula is C10H10Cl2N4S. The molecule has 1 unspecified atom stereocenters. The minimum absolute atomic E-state index is 0.0639. The van der Waals surface area contributed by atoms with Gasteiger partial charge < -0.3 is 0 Å². The molecule has 0 saturated carbocycles. The number of benzene rings is 1. The molecule has 0 amide bonds. The summed E-state index contributed by atoms with van der Waals surface area (Å²) in [5, 5.41) is 5.11. The Bertz CT molecular complexity index is 489. The molecule has 0 spiro atoms. The maximum atomic E-state index is 6.10. The molecule has 7 heteroatoms. The number of rotatable bonds is 4. The quantitative estimate of drug-likeness (QED) is 0.671. The predicted octanol–water partition coefficient (Wildman–Crippen LogP) is 2.59. The van der Waals surface area contributed by atoms with E-state index in [4.69, 9.17) is 29.0 Å². The third-order valence-electron chi connectivity index (χ3n) is 2.35. The van der Waals surface area contributed by atoms with Gasteiger partial charge in [0.1, 0.15) is 0 Å². The minimum Gasteiger partial charge on any atom is -0.271 e. The lowest BCUT2D eigenvalue weighted by Crippen LogP contribution is -2.29. The number of halogens is 2. The molecule has 2 rings (SSSR count). The first-order valence-corrected chi connectivity index (χ1v) is 6.41. The molecule has 0 saturated heterocycles. The Morgan fingerprint density at radius 1 is 1.41 bits per heavy atom. The Morgan fingerprint density at radius 2 is 2.24 bits per heavy atom. The minimum atomic E-state index is -0.0639. The average molecular weight is 289 g/mol. The third-order valence-corrected chi connectivity index (χ3v) is 3.74. The standard InChI is InChI=1S/C10H10Cl2N4S/c11-7-1-2-8(12)6(3-7)4-9(15-13)10-5-14-16-17-10/h1-3,5,9,15H,4,13H2. The number of nitrogens with one attached hydrogen (secondary N) is 1. The highest BCUT2D eigenvalue weighted by atomic mass is 35.5. The van der Waals surface area contributed by atoms with Crippen LogP contribution >= 0.6 is 34.7 Å². The molecule has 2 aromatic rings. The first kappa shape index (κ1) is 12.7. The van der Waals surface area contributed by atoms with E-state index in [-0.39, 0.29) is 6.04 Å². The molecule has 3 N–H and O–H groups in total. The van der Waals surface area contributed by atoms with Crippen molar-refractivity contribution in [3.05, 3.63) is 44.9 Å². The van der Waals surface area contributed by atoms with Crippen molar-refractivity contribution in [3.63, 3.8) is 0 Å². The van der Waals surface area contributed by atoms with E-state index in [1.54, 1.807) is 18.3 Å². The molecule has 1 atom stereocenters. The number of nitrogens with two attached hydrogens (primary N) is 1. The molecule has 0 radical (unpaired) electrons. The van der Waals surface area contributed by atoms with E-state index in [9.17, 15) is 0 Å². The van der Waals surface area contributed by atoms with E-state index in [0.29, 0.717) is 16.5 Å². The van der Waals surface area contributed by atoms with Gasteiger partial charge >= 0.3 is 0 Å². The lowest BCUT2D eigenvalue weighted by Gasteiger charge is -2.14. The number of hydrazine groups is 1. The van der Waals surface area contributed by atoms with E-state index < -0.39 is 0 Å². The van der Waals surface area contributed by atoms with Crippen molar-refractivity contribution in [2.75, 3.05) is 0 Å². The number of nitrogens with zero attached hydrogens (tertiary/aromatic N) is 2.